The molecular formula is C20H24N2O5S. The quantitative estimate of drug-likeness (QED) is 0.647. The van der Waals surface area contributed by atoms with Crippen molar-refractivity contribution in [3.05, 3.63) is 59.7 Å². The van der Waals surface area contributed by atoms with Gasteiger partial charge in [-0.2, -0.15) is 0 Å². The van der Waals surface area contributed by atoms with Gasteiger partial charge in [-0.3, -0.25) is 9.59 Å². The summed E-state index contributed by atoms with van der Waals surface area (Å²) in [6, 6.07) is 13.2. The number of hydrogen-bond acceptors (Lipinski definition) is 5. The van der Waals surface area contributed by atoms with Crippen LogP contribution in [0.5, 0.6) is 5.75 Å². The maximum absolute atomic E-state index is 12.4. The van der Waals surface area contributed by atoms with Gasteiger partial charge in [-0.25, -0.2) is 13.1 Å². The summed E-state index contributed by atoms with van der Waals surface area (Å²) in [5, 5.41) is 0. The van der Waals surface area contributed by atoms with Crippen LogP contribution in [0, 0.1) is 0 Å². The third-order valence-corrected chi connectivity index (χ3v) is 5.62. The third kappa shape index (κ3) is 5.90. The predicted molar refractivity (Wildman–Crippen MR) is 106 cm³/mol. The zero-order valence-corrected chi connectivity index (χ0v) is 17.0. The van der Waals surface area contributed by atoms with E-state index in [2.05, 4.69) is 4.72 Å². The zero-order chi connectivity index (χ0) is 20.7. The molecule has 1 N–H and O–H groups in total. The van der Waals surface area contributed by atoms with Gasteiger partial charge in [-0.1, -0.05) is 24.3 Å². The highest BCUT2D eigenvalue weighted by Crippen LogP contribution is 2.14. The summed E-state index contributed by atoms with van der Waals surface area (Å²) in [4.78, 5) is 25.2. The van der Waals surface area contributed by atoms with Crippen LogP contribution >= 0.6 is 0 Å². The van der Waals surface area contributed by atoms with Gasteiger partial charge in [0.1, 0.15) is 5.75 Å². The largest absolute Gasteiger partial charge is 0.497 e. The molecule has 0 aliphatic carbocycles. The molecule has 7 nitrogen and oxygen atoms in total. The Kier molecular flexibility index (Phi) is 7.31. The molecule has 0 bridgehead atoms. The van der Waals surface area contributed by atoms with Crippen molar-refractivity contribution < 1.29 is 22.7 Å². The number of nitrogens with zero attached hydrogens (tertiary/aromatic N) is 1. The van der Waals surface area contributed by atoms with Crippen LogP contribution in [-0.2, 0) is 21.4 Å². The number of Topliss-reactive ketones (excluding diaryl/α,β-unsaturated/α-hetero) is 1. The number of ether oxygens (including phenoxy) is 1. The molecular weight excluding hydrogens is 380 g/mol. The van der Waals surface area contributed by atoms with Crippen molar-refractivity contribution in [3.8, 4) is 5.75 Å². The summed E-state index contributed by atoms with van der Waals surface area (Å²) in [6.07, 6.45) is 0.0199. The highest BCUT2D eigenvalue weighted by molar-refractivity contribution is 7.89. The predicted octanol–water partition coefficient (Wildman–Crippen LogP) is 2.22. The maximum Gasteiger partial charge on any atom is 0.240 e. The van der Waals surface area contributed by atoms with E-state index in [0.717, 1.165) is 5.56 Å². The van der Waals surface area contributed by atoms with Gasteiger partial charge >= 0.3 is 0 Å². The number of nitrogens with one attached hydrogen (secondary N) is 1. The second-order valence-corrected chi connectivity index (χ2v) is 8.10. The number of sulfonamides is 1. The summed E-state index contributed by atoms with van der Waals surface area (Å²) in [5.41, 5.74) is 1.23. The summed E-state index contributed by atoms with van der Waals surface area (Å²) in [7, 11) is -0.560. The summed E-state index contributed by atoms with van der Waals surface area (Å²) in [5.74, 6) is 0.299. The molecule has 8 heteroatoms. The van der Waals surface area contributed by atoms with Crippen LogP contribution in [-0.4, -0.2) is 45.7 Å². The lowest BCUT2D eigenvalue weighted by atomic mass is 10.2. The van der Waals surface area contributed by atoms with E-state index in [1.165, 1.54) is 30.0 Å². The number of carbonyl (C=O) groups is 2. The maximum atomic E-state index is 12.4. The zero-order valence-electron chi connectivity index (χ0n) is 16.1. The number of carbonyl (C=O) groups excluding carboxylic acids is 2. The fourth-order valence-electron chi connectivity index (χ4n) is 2.58. The lowest BCUT2D eigenvalue weighted by molar-refractivity contribution is -0.130. The molecule has 0 saturated carbocycles. The van der Waals surface area contributed by atoms with Gasteiger partial charge in [-0.05, 0) is 36.8 Å². The Bertz CT molecular complexity index is 957. The Hall–Kier alpha value is -2.71. The average Bonchev–Trinajstić information content (AvgIpc) is 2.68. The minimum Gasteiger partial charge on any atom is -0.497 e. The molecule has 0 aromatic heterocycles. The van der Waals surface area contributed by atoms with Crippen LogP contribution in [0.3, 0.4) is 0 Å². The fraction of sp³-hybridized carbons (Fsp3) is 0.300. The Morgan fingerprint density at radius 1 is 1.11 bits per heavy atom. The van der Waals surface area contributed by atoms with E-state index in [1.807, 2.05) is 24.3 Å². The monoisotopic (exact) mass is 404 g/mol. The van der Waals surface area contributed by atoms with Crippen LogP contribution < -0.4 is 9.46 Å². The molecule has 0 unspecified atom stereocenters. The van der Waals surface area contributed by atoms with E-state index in [-0.39, 0.29) is 29.6 Å². The van der Waals surface area contributed by atoms with Gasteiger partial charge in [-0.15, -0.1) is 0 Å². The van der Waals surface area contributed by atoms with Gasteiger partial charge in [0, 0.05) is 32.1 Å². The fourth-order valence-corrected chi connectivity index (χ4v) is 3.66. The second kappa shape index (κ2) is 9.48. The minimum absolute atomic E-state index is 0.00242. The summed E-state index contributed by atoms with van der Waals surface area (Å²) < 4.78 is 32.3. The van der Waals surface area contributed by atoms with Crippen molar-refractivity contribution in [1.82, 2.24) is 9.62 Å². The van der Waals surface area contributed by atoms with Crippen LogP contribution in [0.25, 0.3) is 0 Å². The lowest BCUT2D eigenvalue weighted by Gasteiger charge is -2.18. The first-order valence-corrected chi connectivity index (χ1v) is 10.2. The van der Waals surface area contributed by atoms with Gasteiger partial charge in [0.05, 0.1) is 12.0 Å². The van der Waals surface area contributed by atoms with E-state index in [1.54, 1.807) is 20.2 Å². The highest BCUT2D eigenvalue weighted by atomic mass is 32.2. The molecule has 0 fully saturated rings. The first kappa shape index (κ1) is 21.6. The third-order valence-electron chi connectivity index (χ3n) is 4.16. The first-order chi connectivity index (χ1) is 13.2. The molecule has 0 atom stereocenters. The Balaban J connectivity index is 1.91. The first-order valence-electron chi connectivity index (χ1n) is 8.70. The van der Waals surface area contributed by atoms with E-state index < -0.39 is 10.0 Å². The number of methoxy groups -OCH3 is 1. The normalized spacial score (nSPS) is 11.1. The SMILES string of the molecule is COc1cccc(CN(C)C(=O)CCNS(=O)(=O)c2cccc(C(C)=O)c2)c1. The average molecular weight is 404 g/mol. The van der Waals surface area contributed by atoms with Crippen molar-refractivity contribution in [1.29, 1.82) is 0 Å². The van der Waals surface area contributed by atoms with E-state index >= 15 is 0 Å². The van der Waals surface area contributed by atoms with E-state index in [4.69, 9.17) is 4.74 Å². The van der Waals surface area contributed by atoms with Crippen LogP contribution in [0.4, 0.5) is 0 Å². The molecule has 2 aromatic carbocycles. The lowest BCUT2D eigenvalue weighted by Crippen LogP contribution is -2.32. The van der Waals surface area contributed by atoms with Gasteiger partial charge in [0.2, 0.25) is 15.9 Å². The van der Waals surface area contributed by atoms with Crippen LogP contribution in [0.15, 0.2) is 53.4 Å². The topological polar surface area (TPSA) is 92.8 Å². The number of hydrogen-bond donors (Lipinski definition) is 1. The molecule has 0 radical (unpaired) electrons. The number of rotatable bonds is 9. The van der Waals surface area contributed by atoms with Crippen molar-refractivity contribution in [3.63, 3.8) is 0 Å². The van der Waals surface area contributed by atoms with Crippen molar-refractivity contribution in [2.24, 2.45) is 0 Å². The molecule has 2 rings (SSSR count). The number of amides is 1. The number of benzene rings is 2. The molecule has 0 aliphatic heterocycles. The molecule has 150 valence electrons. The Morgan fingerprint density at radius 3 is 2.50 bits per heavy atom. The molecule has 0 heterocycles. The molecule has 28 heavy (non-hydrogen) atoms. The molecule has 0 spiro atoms. The van der Waals surface area contributed by atoms with Crippen molar-refractivity contribution >= 4 is 21.7 Å². The molecule has 0 aliphatic rings. The van der Waals surface area contributed by atoms with E-state index in [9.17, 15) is 18.0 Å². The standard InChI is InChI=1S/C20H24N2O5S/c1-15(23)17-7-5-9-19(13-17)28(25,26)21-11-10-20(24)22(2)14-16-6-4-8-18(12-16)27-3/h4-9,12-13,21H,10-11,14H2,1-3H3. The highest BCUT2D eigenvalue weighted by Gasteiger charge is 2.16. The van der Waals surface area contributed by atoms with Crippen molar-refractivity contribution in [2.75, 3.05) is 20.7 Å². The minimum atomic E-state index is -3.80. The van der Waals surface area contributed by atoms with Crippen molar-refractivity contribution in [2.45, 2.75) is 24.8 Å². The number of ketones is 1. The molecule has 2 aromatic rings. The van der Waals surface area contributed by atoms with Gasteiger partial charge in [0.15, 0.2) is 5.78 Å². The summed E-state index contributed by atoms with van der Waals surface area (Å²) >= 11 is 0. The van der Waals surface area contributed by atoms with Gasteiger partial charge in [0.25, 0.3) is 0 Å². The molecule has 1 amide bonds. The van der Waals surface area contributed by atoms with E-state index in [0.29, 0.717) is 17.9 Å². The smallest absolute Gasteiger partial charge is 0.240 e. The van der Waals surface area contributed by atoms with Crippen LogP contribution in [0.1, 0.15) is 29.3 Å². The van der Waals surface area contributed by atoms with Gasteiger partial charge < -0.3 is 9.64 Å². The second-order valence-electron chi connectivity index (χ2n) is 6.33. The Labute approximate surface area is 165 Å². The van der Waals surface area contributed by atoms with Crippen LogP contribution in [0.2, 0.25) is 0 Å². The summed E-state index contributed by atoms with van der Waals surface area (Å²) in [6.45, 7) is 1.73. The molecule has 0 saturated heterocycles. The Morgan fingerprint density at radius 2 is 1.82 bits per heavy atom.